The number of nitrogens with one attached hydrogen (secondary N) is 1. The van der Waals surface area contributed by atoms with Gasteiger partial charge in [-0.1, -0.05) is 6.07 Å². The highest BCUT2D eigenvalue weighted by Crippen LogP contribution is 2.39. The highest BCUT2D eigenvalue weighted by atomic mass is 19.1. The first-order valence-corrected chi connectivity index (χ1v) is 7.69. The maximum absolute atomic E-state index is 13.7. The molecule has 0 aliphatic heterocycles. The number of hydrogen-bond donors (Lipinski definition) is 1. The van der Waals surface area contributed by atoms with Crippen LogP contribution in [0.15, 0.2) is 48.9 Å². The molecular formula is C18H14F2N4. The van der Waals surface area contributed by atoms with Crippen molar-refractivity contribution >= 4 is 11.6 Å². The Morgan fingerprint density at radius 3 is 2.54 bits per heavy atom. The first kappa shape index (κ1) is 14.7. The summed E-state index contributed by atoms with van der Waals surface area (Å²) in [6.07, 6.45) is 6.94. The molecule has 120 valence electrons. The van der Waals surface area contributed by atoms with E-state index in [1.54, 1.807) is 12.3 Å². The van der Waals surface area contributed by atoms with E-state index in [1.165, 1.54) is 18.4 Å². The molecule has 1 N–H and O–H groups in total. The molecule has 0 saturated heterocycles. The summed E-state index contributed by atoms with van der Waals surface area (Å²) >= 11 is 0. The van der Waals surface area contributed by atoms with Crippen molar-refractivity contribution in [3.05, 3.63) is 66.1 Å². The summed E-state index contributed by atoms with van der Waals surface area (Å²) in [6, 6.07) is 8.43. The molecule has 0 amide bonds. The Bertz CT molecular complexity index is 876. The maximum atomic E-state index is 13.7. The van der Waals surface area contributed by atoms with Crippen LogP contribution in [-0.2, 0) is 0 Å². The molecule has 4 nitrogen and oxygen atoms in total. The second-order valence-electron chi connectivity index (χ2n) is 5.79. The fourth-order valence-electron chi connectivity index (χ4n) is 2.52. The average molecular weight is 324 g/mol. The van der Waals surface area contributed by atoms with Crippen molar-refractivity contribution in [3.63, 3.8) is 0 Å². The first-order valence-electron chi connectivity index (χ1n) is 7.69. The molecule has 1 aliphatic carbocycles. The summed E-state index contributed by atoms with van der Waals surface area (Å²) in [7, 11) is 0. The fraction of sp³-hybridized carbons (Fsp3) is 0.167. The number of halogens is 2. The van der Waals surface area contributed by atoms with Crippen molar-refractivity contribution in [1.29, 1.82) is 0 Å². The van der Waals surface area contributed by atoms with E-state index in [9.17, 15) is 8.78 Å². The van der Waals surface area contributed by atoms with Gasteiger partial charge in [0.1, 0.15) is 11.6 Å². The number of aromatic nitrogens is 3. The lowest BCUT2D eigenvalue weighted by molar-refractivity contribution is 0.576. The Morgan fingerprint density at radius 1 is 0.958 bits per heavy atom. The molecule has 0 spiro atoms. The highest BCUT2D eigenvalue weighted by Gasteiger charge is 2.23. The number of rotatable bonds is 4. The minimum atomic E-state index is -0.769. The van der Waals surface area contributed by atoms with Crippen LogP contribution < -0.4 is 5.32 Å². The number of anilines is 2. The molecule has 0 unspecified atom stereocenters. The zero-order chi connectivity index (χ0) is 16.5. The van der Waals surface area contributed by atoms with E-state index in [2.05, 4.69) is 26.3 Å². The molecular weight excluding hydrogens is 310 g/mol. The maximum Gasteiger partial charge on any atom is 0.168 e. The molecule has 0 bridgehead atoms. The quantitative estimate of drug-likeness (QED) is 0.771. The molecule has 4 rings (SSSR count). The fourth-order valence-corrected chi connectivity index (χ4v) is 2.52. The minimum absolute atomic E-state index is 0.0712. The lowest BCUT2D eigenvalue weighted by Crippen LogP contribution is -2.00. The van der Waals surface area contributed by atoms with Gasteiger partial charge in [0.05, 0.1) is 11.9 Å². The zero-order valence-electron chi connectivity index (χ0n) is 12.7. The van der Waals surface area contributed by atoms with Crippen LogP contribution in [0.5, 0.6) is 0 Å². The predicted molar refractivity (Wildman–Crippen MR) is 86.9 cm³/mol. The number of hydrogen-bond acceptors (Lipinski definition) is 4. The Hall–Kier alpha value is -2.89. The second kappa shape index (κ2) is 5.96. The molecule has 1 aliphatic rings. The molecule has 3 heterocycles. The smallest absolute Gasteiger partial charge is 0.168 e. The van der Waals surface area contributed by atoms with Crippen molar-refractivity contribution in [2.45, 2.75) is 18.8 Å². The van der Waals surface area contributed by atoms with Gasteiger partial charge in [-0.2, -0.15) is 0 Å². The third-order valence-electron chi connectivity index (χ3n) is 3.95. The lowest BCUT2D eigenvalue weighted by Gasteiger charge is -2.08. The van der Waals surface area contributed by atoms with Crippen LogP contribution in [0, 0.1) is 11.6 Å². The molecule has 0 atom stereocenters. The van der Waals surface area contributed by atoms with Gasteiger partial charge >= 0.3 is 0 Å². The molecule has 1 saturated carbocycles. The van der Waals surface area contributed by atoms with E-state index < -0.39 is 11.6 Å². The lowest BCUT2D eigenvalue weighted by atomic mass is 10.1. The summed E-state index contributed by atoms with van der Waals surface area (Å²) < 4.78 is 26.6. The minimum Gasteiger partial charge on any atom is -0.322 e. The van der Waals surface area contributed by atoms with Gasteiger partial charge in [0.2, 0.25) is 0 Å². The largest absolute Gasteiger partial charge is 0.322 e. The Morgan fingerprint density at radius 2 is 1.83 bits per heavy atom. The Balaban J connectivity index is 1.58. The van der Waals surface area contributed by atoms with Crippen LogP contribution in [-0.4, -0.2) is 15.0 Å². The first-order chi connectivity index (χ1) is 11.7. The summed E-state index contributed by atoms with van der Waals surface area (Å²) in [5.74, 6) is -0.487. The molecule has 1 fully saturated rings. The number of nitrogens with zero attached hydrogens (tertiary/aromatic N) is 3. The van der Waals surface area contributed by atoms with Gasteiger partial charge in [-0.15, -0.1) is 0 Å². The molecule has 0 radical (unpaired) electrons. The van der Waals surface area contributed by atoms with Crippen molar-refractivity contribution in [2.75, 3.05) is 5.32 Å². The Kier molecular flexibility index (Phi) is 3.65. The van der Waals surface area contributed by atoms with Gasteiger partial charge in [-0.05, 0) is 42.5 Å². The summed E-state index contributed by atoms with van der Waals surface area (Å²) in [5.41, 5.74) is 2.94. The monoisotopic (exact) mass is 324 g/mol. The third-order valence-corrected chi connectivity index (χ3v) is 3.95. The van der Waals surface area contributed by atoms with E-state index in [4.69, 9.17) is 0 Å². The molecule has 3 aromatic heterocycles. The van der Waals surface area contributed by atoms with Gasteiger partial charge in [-0.25, -0.2) is 18.7 Å². The van der Waals surface area contributed by atoms with Crippen LogP contribution in [0.1, 0.15) is 24.3 Å². The van der Waals surface area contributed by atoms with Gasteiger partial charge < -0.3 is 5.32 Å². The second-order valence-corrected chi connectivity index (χ2v) is 5.79. The SMILES string of the molecule is Fc1cnc(Nc2cc(-c3ccc(C4CC4)cn3)ccn2)c(F)c1. The summed E-state index contributed by atoms with van der Waals surface area (Å²) in [5, 5.41) is 2.76. The molecule has 24 heavy (non-hydrogen) atoms. The standard InChI is InChI=1S/C18H14F2N4/c19-14-8-15(20)18(23-10-14)24-17-7-12(5-6-21-17)16-4-3-13(9-22-16)11-1-2-11/h3-11H,1-2H2,(H,21,23,24). The average Bonchev–Trinajstić information content (AvgIpc) is 3.43. The highest BCUT2D eigenvalue weighted by molar-refractivity contribution is 5.65. The third kappa shape index (κ3) is 3.08. The zero-order valence-corrected chi connectivity index (χ0v) is 12.7. The van der Waals surface area contributed by atoms with Crippen molar-refractivity contribution in [1.82, 2.24) is 15.0 Å². The van der Waals surface area contributed by atoms with Crippen LogP contribution in [0.4, 0.5) is 20.4 Å². The van der Waals surface area contributed by atoms with Crippen LogP contribution >= 0.6 is 0 Å². The van der Waals surface area contributed by atoms with E-state index in [0.29, 0.717) is 11.7 Å². The van der Waals surface area contributed by atoms with Gasteiger partial charge in [0, 0.05) is 24.0 Å². The van der Waals surface area contributed by atoms with Gasteiger partial charge in [0.15, 0.2) is 11.6 Å². The van der Waals surface area contributed by atoms with E-state index in [1.807, 2.05) is 18.3 Å². The van der Waals surface area contributed by atoms with E-state index >= 15 is 0 Å². The van der Waals surface area contributed by atoms with E-state index in [0.717, 1.165) is 23.5 Å². The summed E-state index contributed by atoms with van der Waals surface area (Å²) in [4.78, 5) is 12.3. The summed E-state index contributed by atoms with van der Waals surface area (Å²) in [6.45, 7) is 0. The Labute approximate surface area is 137 Å². The van der Waals surface area contributed by atoms with E-state index in [-0.39, 0.29) is 5.82 Å². The predicted octanol–water partition coefficient (Wildman–Crippen LogP) is 4.44. The van der Waals surface area contributed by atoms with Crippen LogP contribution in [0.3, 0.4) is 0 Å². The van der Waals surface area contributed by atoms with Gasteiger partial charge in [-0.3, -0.25) is 4.98 Å². The van der Waals surface area contributed by atoms with Crippen molar-refractivity contribution < 1.29 is 8.78 Å². The topological polar surface area (TPSA) is 50.7 Å². The number of pyridine rings is 3. The molecule has 0 aromatic carbocycles. The van der Waals surface area contributed by atoms with Crippen molar-refractivity contribution in [2.24, 2.45) is 0 Å². The van der Waals surface area contributed by atoms with Crippen molar-refractivity contribution in [3.8, 4) is 11.3 Å². The normalized spacial score (nSPS) is 13.8. The molecule has 3 aromatic rings. The van der Waals surface area contributed by atoms with Crippen LogP contribution in [0.2, 0.25) is 0 Å². The van der Waals surface area contributed by atoms with Gasteiger partial charge in [0.25, 0.3) is 0 Å². The van der Waals surface area contributed by atoms with Crippen LogP contribution in [0.25, 0.3) is 11.3 Å². The molecule has 6 heteroatoms.